The molecule has 2 heterocycles. The average Bonchev–Trinajstić information content (AvgIpc) is 3.61. The highest BCUT2D eigenvalue weighted by Gasteiger charge is 2.39. The molecule has 0 fully saturated rings. The van der Waals surface area contributed by atoms with E-state index >= 15 is 0 Å². The molecular formula is C31H27N3O6S. The Morgan fingerprint density at radius 1 is 0.878 bits per heavy atom. The van der Waals surface area contributed by atoms with Gasteiger partial charge in [-0.2, -0.15) is 0 Å². The first-order valence-corrected chi connectivity index (χ1v) is 13.6. The van der Waals surface area contributed by atoms with Gasteiger partial charge in [0.1, 0.15) is 24.1 Å². The molecule has 1 aliphatic heterocycles. The van der Waals surface area contributed by atoms with Crippen LogP contribution in [0.2, 0.25) is 0 Å². The van der Waals surface area contributed by atoms with Crippen LogP contribution >= 0.6 is 11.3 Å². The van der Waals surface area contributed by atoms with E-state index in [1.165, 1.54) is 21.1 Å². The van der Waals surface area contributed by atoms with Crippen LogP contribution in [0.25, 0.3) is 0 Å². The van der Waals surface area contributed by atoms with Crippen molar-refractivity contribution in [2.75, 3.05) is 31.0 Å². The summed E-state index contributed by atoms with van der Waals surface area (Å²) in [4.78, 5) is 56.7. The summed E-state index contributed by atoms with van der Waals surface area (Å²) < 4.78 is 10.5. The molecule has 0 saturated carbocycles. The number of hydrogen-bond acceptors (Lipinski definition) is 7. The van der Waals surface area contributed by atoms with Crippen LogP contribution in [0.3, 0.4) is 0 Å². The number of methoxy groups -OCH3 is 2. The van der Waals surface area contributed by atoms with Crippen LogP contribution in [-0.2, 0) is 20.9 Å². The summed E-state index contributed by atoms with van der Waals surface area (Å²) in [6.45, 7) is -0.339. The topological polar surface area (TPSA) is 105 Å². The number of para-hydroxylation sites is 1. The highest BCUT2D eigenvalue weighted by Crippen LogP contribution is 2.32. The fourth-order valence-corrected chi connectivity index (χ4v) is 5.47. The van der Waals surface area contributed by atoms with Crippen LogP contribution in [0.4, 0.5) is 11.4 Å². The number of ketones is 1. The molecule has 10 heteroatoms. The molecule has 1 N–H and O–H groups in total. The summed E-state index contributed by atoms with van der Waals surface area (Å²) in [7, 11) is 3.12. The van der Waals surface area contributed by atoms with Crippen molar-refractivity contribution in [1.29, 1.82) is 0 Å². The van der Waals surface area contributed by atoms with Gasteiger partial charge in [0.05, 0.1) is 25.5 Å². The maximum Gasteiger partial charge on any atom is 0.299 e. The van der Waals surface area contributed by atoms with Gasteiger partial charge in [0.2, 0.25) is 5.91 Å². The number of ether oxygens (including phenoxy) is 2. The first kappa shape index (κ1) is 27.6. The number of amides is 3. The number of Topliss-reactive ketones (excluding diaryl/α,β-unsaturated/α-hetero) is 1. The van der Waals surface area contributed by atoms with Crippen molar-refractivity contribution in [3.05, 3.63) is 106 Å². The van der Waals surface area contributed by atoms with Crippen LogP contribution in [0, 0.1) is 0 Å². The van der Waals surface area contributed by atoms with Crippen LogP contribution < -0.4 is 19.7 Å². The Kier molecular flexibility index (Phi) is 8.11. The zero-order chi connectivity index (χ0) is 28.9. The van der Waals surface area contributed by atoms with Crippen LogP contribution in [0.5, 0.6) is 11.5 Å². The summed E-state index contributed by atoms with van der Waals surface area (Å²) in [6.07, 6.45) is 0. The zero-order valence-electron chi connectivity index (χ0n) is 22.4. The summed E-state index contributed by atoms with van der Waals surface area (Å²) in [5, 5.41) is 4.74. The molecule has 41 heavy (non-hydrogen) atoms. The third-order valence-corrected chi connectivity index (χ3v) is 7.66. The van der Waals surface area contributed by atoms with Crippen molar-refractivity contribution in [1.82, 2.24) is 4.90 Å². The number of carbonyl (C=O) groups is 4. The molecule has 208 valence electrons. The second kappa shape index (κ2) is 12.1. The van der Waals surface area contributed by atoms with Gasteiger partial charge >= 0.3 is 0 Å². The number of benzene rings is 3. The third kappa shape index (κ3) is 5.82. The standard InChI is InChI=1S/C31H27N3O6S/c1-39-22-13-9-20(10-14-22)18-34(27(35)19-33-25-7-4-3-6-24(25)29(36)31(33)38)28(26-8-5-17-41-26)30(37)32-21-11-15-23(40-2)16-12-21/h3-17,28H,18-19H2,1-2H3,(H,32,37)/t28-/m1/s1. The lowest BCUT2D eigenvalue weighted by atomic mass is 10.1. The van der Waals surface area contributed by atoms with Gasteiger partial charge in [-0.15, -0.1) is 11.3 Å². The van der Waals surface area contributed by atoms with Gasteiger partial charge in [0.25, 0.3) is 17.6 Å². The molecule has 0 unspecified atom stereocenters. The molecular weight excluding hydrogens is 542 g/mol. The van der Waals surface area contributed by atoms with Crippen molar-refractivity contribution >= 4 is 46.2 Å². The Balaban J connectivity index is 1.50. The van der Waals surface area contributed by atoms with Crippen LogP contribution in [0.15, 0.2) is 90.3 Å². The van der Waals surface area contributed by atoms with E-state index in [0.717, 1.165) is 5.56 Å². The smallest absolute Gasteiger partial charge is 0.299 e. The zero-order valence-corrected chi connectivity index (χ0v) is 23.2. The molecule has 3 aromatic carbocycles. The van der Waals surface area contributed by atoms with Gasteiger partial charge in [-0.05, 0) is 65.5 Å². The normalized spacial score (nSPS) is 13.0. The number of rotatable bonds is 10. The lowest BCUT2D eigenvalue weighted by Crippen LogP contribution is -2.46. The molecule has 5 rings (SSSR count). The minimum atomic E-state index is -1.02. The molecule has 1 aliphatic rings. The molecule has 3 amide bonds. The lowest BCUT2D eigenvalue weighted by molar-refractivity contribution is -0.138. The summed E-state index contributed by atoms with van der Waals surface area (Å²) in [5.74, 6) is -1.08. The number of nitrogens with one attached hydrogen (secondary N) is 1. The molecule has 0 bridgehead atoms. The molecule has 1 atom stereocenters. The number of fused-ring (bicyclic) bond motifs is 1. The molecule has 9 nitrogen and oxygen atoms in total. The lowest BCUT2D eigenvalue weighted by Gasteiger charge is -2.32. The Bertz CT molecular complexity index is 1570. The summed E-state index contributed by atoms with van der Waals surface area (Å²) >= 11 is 1.34. The molecule has 0 radical (unpaired) electrons. The molecule has 4 aromatic rings. The Morgan fingerprint density at radius 2 is 1.54 bits per heavy atom. The van der Waals surface area contributed by atoms with Gasteiger partial charge in [-0.25, -0.2) is 0 Å². The predicted octanol–water partition coefficient (Wildman–Crippen LogP) is 4.70. The largest absolute Gasteiger partial charge is 0.497 e. The van der Waals surface area contributed by atoms with E-state index in [9.17, 15) is 19.2 Å². The molecule has 0 saturated heterocycles. The third-order valence-electron chi connectivity index (χ3n) is 6.73. The first-order valence-electron chi connectivity index (χ1n) is 12.8. The summed E-state index contributed by atoms with van der Waals surface area (Å²) in [6, 6.07) is 23.2. The molecule has 1 aromatic heterocycles. The van der Waals surface area contributed by atoms with E-state index < -0.39 is 36.1 Å². The van der Waals surface area contributed by atoms with Gasteiger partial charge in [0.15, 0.2) is 0 Å². The number of anilines is 2. The highest BCUT2D eigenvalue weighted by molar-refractivity contribution is 7.10. The van der Waals surface area contributed by atoms with Gasteiger partial charge in [-0.3, -0.25) is 24.1 Å². The van der Waals surface area contributed by atoms with E-state index in [2.05, 4.69) is 5.32 Å². The Hall–Kier alpha value is -4.96. The molecule has 0 spiro atoms. The van der Waals surface area contributed by atoms with Crippen molar-refractivity contribution in [2.45, 2.75) is 12.6 Å². The first-order chi connectivity index (χ1) is 19.9. The van der Waals surface area contributed by atoms with E-state index in [-0.39, 0.29) is 12.1 Å². The average molecular weight is 570 g/mol. The minimum Gasteiger partial charge on any atom is -0.497 e. The van der Waals surface area contributed by atoms with E-state index in [0.29, 0.717) is 27.8 Å². The van der Waals surface area contributed by atoms with Crippen molar-refractivity contribution in [3.63, 3.8) is 0 Å². The fourth-order valence-electron chi connectivity index (χ4n) is 4.64. The second-order valence-electron chi connectivity index (χ2n) is 9.24. The number of carbonyl (C=O) groups excluding carboxylic acids is 4. The van der Waals surface area contributed by atoms with Gasteiger partial charge in [0, 0.05) is 17.1 Å². The Morgan fingerprint density at radius 3 is 2.17 bits per heavy atom. The van der Waals surface area contributed by atoms with Crippen molar-refractivity contribution < 1.29 is 28.7 Å². The van der Waals surface area contributed by atoms with E-state index in [1.807, 2.05) is 23.6 Å². The maximum atomic E-state index is 14.1. The monoisotopic (exact) mass is 569 g/mol. The fraction of sp³-hybridized carbons (Fsp3) is 0.161. The number of thiophene rings is 1. The van der Waals surface area contributed by atoms with Crippen LogP contribution in [-0.4, -0.2) is 49.2 Å². The number of hydrogen-bond donors (Lipinski definition) is 1. The Labute approximate surface area is 240 Å². The summed E-state index contributed by atoms with van der Waals surface area (Å²) in [5.41, 5.74) is 1.90. The quantitative estimate of drug-likeness (QED) is 0.278. The van der Waals surface area contributed by atoms with E-state index in [1.54, 1.807) is 80.9 Å². The molecule has 0 aliphatic carbocycles. The van der Waals surface area contributed by atoms with Crippen molar-refractivity contribution in [3.8, 4) is 11.5 Å². The predicted molar refractivity (Wildman–Crippen MR) is 155 cm³/mol. The van der Waals surface area contributed by atoms with Gasteiger partial charge in [-0.1, -0.05) is 30.3 Å². The maximum absolute atomic E-state index is 14.1. The van der Waals surface area contributed by atoms with Crippen molar-refractivity contribution in [2.24, 2.45) is 0 Å². The van der Waals surface area contributed by atoms with E-state index in [4.69, 9.17) is 9.47 Å². The number of nitrogens with zero attached hydrogens (tertiary/aromatic N) is 2. The SMILES string of the molecule is COc1ccc(CN(C(=O)CN2C(=O)C(=O)c3ccccc32)[C@@H](C(=O)Nc2ccc(OC)cc2)c2cccs2)cc1. The van der Waals surface area contributed by atoms with Crippen LogP contribution in [0.1, 0.15) is 26.8 Å². The second-order valence-corrected chi connectivity index (χ2v) is 10.2. The minimum absolute atomic E-state index is 0.0685. The highest BCUT2D eigenvalue weighted by atomic mass is 32.1. The van der Waals surface area contributed by atoms with Gasteiger partial charge < -0.3 is 19.7 Å².